The van der Waals surface area contributed by atoms with Crippen LogP contribution in [0.15, 0.2) is 4.99 Å². The Labute approximate surface area is 132 Å². The average Bonchev–Trinajstić information content (AvgIpc) is 3.07. The summed E-state index contributed by atoms with van der Waals surface area (Å²) in [6, 6.07) is 0.247. The molecule has 1 saturated heterocycles. The van der Waals surface area contributed by atoms with E-state index in [-0.39, 0.29) is 23.5 Å². The Morgan fingerprint density at radius 1 is 1.14 bits per heavy atom. The summed E-state index contributed by atoms with van der Waals surface area (Å²) >= 11 is 0. The molecule has 1 unspecified atom stereocenters. The number of carbonyl (C=O) groups excluding carboxylic acids is 1. The van der Waals surface area contributed by atoms with Crippen molar-refractivity contribution in [3.63, 3.8) is 0 Å². The Hall–Kier alpha value is -1.31. The molecule has 1 heterocycles. The average molecular weight is 330 g/mol. The van der Waals surface area contributed by atoms with Crippen LogP contribution >= 0.6 is 0 Å². The highest BCUT2D eigenvalue weighted by atomic mass is 32.2. The second kappa shape index (κ2) is 7.80. The van der Waals surface area contributed by atoms with Crippen LogP contribution in [0.3, 0.4) is 0 Å². The third-order valence-corrected chi connectivity index (χ3v) is 5.93. The lowest BCUT2D eigenvalue weighted by molar-refractivity contribution is -0.121. The standard InChI is InChI=1S/C14H26N4O3S/c1-15-14(18-12-7-9-22(20,21)10-12)16-8-6-13(19)17-11-4-2-3-5-11/h11-12H,2-10H2,1H3,(H,17,19)(H2,15,16,18). The van der Waals surface area contributed by atoms with Crippen molar-refractivity contribution in [3.05, 3.63) is 0 Å². The molecule has 1 saturated carbocycles. The van der Waals surface area contributed by atoms with E-state index in [0.29, 0.717) is 31.4 Å². The number of rotatable bonds is 5. The first-order valence-corrected chi connectivity index (χ1v) is 9.77. The lowest BCUT2D eigenvalue weighted by Gasteiger charge is -2.16. The summed E-state index contributed by atoms with van der Waals surface area (Å²) in [4.78, 5) is 15.9. The fourth-order valence-electron chi connectivity index (χ4n) is 2.96. The fraction of sp³-hybridized carbons (Fsp3) is 0.857. The molecule has 3 N–H and O–H groups in total. The van der Waals surface area contributed by atoms with Gasteiger partial charge in [0, 0.05) is 32.1 Å². The highest BCUT2D eigenvalue weighted by Gasteiger charge is 2.28. The molecule has 2 fully saturated rings. The van der Waals surface area contributed by atoms with Crippen LogP contribution in [0.2, 0.25) is 0 Å². The topological polar surface area (TPSA) is 99.7 Å². The number of sulfone groups is 1. The van der Waals surface area contributed by atoms with Gasteiger partial charge in [0.15, 0.2) is 15.8 Å². The second-order valence-electron chi connectivity index (χ2n) is 6.04. The van der Waals surface area contributed by atoms with Crippen LogP contribution in [0.5, 0.6) is 0 Å². The summed E-state index contributed by atoms with van der Waals surface area (Å²) in [7, 11) is -1.27. The third kappa shape index (κ3) is 5.47. The van der Waals surface area contributed by atoms with E-state index in [2.05, 4.69) is 20.9 Å². The molecule has 0 aromatic heterocycles. The Kier molecular flexibility index (Phi) is 6.05. The zero-order chi connectivity index (χ0) is 16.0. The summed E-state index contributed by atoms with van der Waals surface area (Å²) in [5, 5.41) is 9.19. The van der Waals surface area contributed by atoms with Crippen LogP contribution < -0.4 is 16.0 Å². The fourth-order valence-corrected chi connectivity index (χ4v) is 4.63. The molecule has 2 aliphatic rings. The van der Waals surface area contributed by atoms with E-state index in [1.165, 1.54) is 12.8 Å². The van der Waals surface area contributed by atoms with Gasteiger partial charge in [-0.05, 0) is 19.3 Å². The van der Waals surface area contributed by atoms with Gasteiger partial charge in [0.25, 0.3) is 0 Å². The number of carbonyl (C=O) groups is 1. The zero-order valence-electron chi connectivity index (χ0n) is 13.1. The van der Waals surface area contributed by atoms with Crippen molar-refractivity contribution in [1.82, 2.24) is 16.0 Å². The second-order valence-corrected chi connectivity index (χ2v) is 8.27. The van der Waals surface area contributed by atoms with Crippen molar-refractivity contribution in [2.45, 2.75) is 50.6 Å². The molecule has 1 amide bonds. The molecule has 0 radical (unpaired) electrons. The summed E-state index contributed by atoms with van der Waals surface area (Å²) in [6.07, 6.45) is 5.55. The molecule has 126 valence electrons. The SMILES string of the molecule is CN=C(NCCC(=O)NC1CCCC1)NC1CCS(=O)(=O)C1. The maximum Gasteiger partial charge on any atom is 0.221 e. The van der Waals surface area contributed by atoms with Gasteiger partial charge in [-0.2, -0.15) is 0 Å². The maximum absolute atomic E-state index is 11.8. The minimum Gasteiger partial charge on any atom is -0.356 e. The number of nitrogens with one attached hydrogen (secondary N) is 3. The lowest BCUT2D eigenvalue weighted by Crippen LogP contribution is -2.45. The molecule has 0 aromatic carbocycles. The van der Waals surface area contributed by atoms with Gasteiger partial charge in [-0.1, -0.05) is 12.8 Å². The minimum atomic E-state index is -2.91. The molecule has 7 nitrogen and oxygen atoms in total. The van der Waals surface area contributed by atoms with E-state index in [1.54, 1.807) is 7.05 Å². The monoisotopic (exact) mass is 330 g/mol. The first kappa shape index (κ1) is 17.1. The summed E-state index contributed by atoms with van der Waals surface area (Å²) in [6.45, 7) is 0.484. The molecule has 0 bridgehead atoms. The maximum atomic E-state index is 11.8. The molecule has 2 rings (SSSR count). The zero-order valence-corrected chi connectivity index (χ0v) is 13.9. The van der Waals surface area contributed by atoms with Crippen molar-refractivity contribution in [3.8, 4) is 0 Å². The number of aliphatic imine (C=N–C) groups is 1. The van der Waals surface area contributed by atoms with Crippen LogP contribution in [0.25, 0.3) is 0 Å². The van der Waals surface area contributed by atoms with Crippen LogP contribution in [0, 0.1) is 0 Å². The first-order valence-electron chi connectivity index (χ1n) is 7.95. The smallest absolute Gasteiger partial charge is 0.221 e. The van der Waals surface area contributed by atoms with Crippen molar-refractivity contribution >= 4 is 21.7 Å². The van der Waals surface area contributed by atoms with Gasteiger partial charge < -0.3 is 16.0 Å². The first-order chi connectivity index (χ1) is 10.5. The molecule has 0 aromatic rings. The van der Waals surface area contributed by atoms with Gasteiger partial charge in [0.2, 0.25) is 5.91 Å². The van der Waals surface area contributed by atoms with Crippen LogP contribution in [0.4, 0.5) is 0 Å². The summed E-state index contributed by atoms with van der Waals surface area (Å²) < 4.78 is 22.9. The normalized spacial score (nSPS) is 25.1. The van der Waals surface area contributed by atoms with Gasteiger partial charge in [0.05, 0.1) is 11.5 Å². The molecule has 22 heavy (non-hydrogen) atoms. The van der Waals surface area contributed by atoms with Crippen molar-refractivity contribution in [2.75, 3.05) is 25.1 Å². The number of hydrogen-bond acceptors (Lipinski definition) is 4. The van der Waals surface area contributed by atoms with E-state index >= 15 is 0 Å². The van der Waals surface area contributed by atoms with Crippen molar-refractivity contribution in [2.24, 2.45) is 4.99 Å². The number of guanidine groups is 1. The Morgan fingerprint density at radius 3 is 2.45 bits per heavy atom. The van der Waals surface area contributed by atoms with Crippen LogP contribution in [-0.4, -0.2) is 57.5 Å². The third-order valence-electron chi connectivity index (χ3n) is 4.16. The molecular weight excluding hydrogens is 304 g/mol. The Bertz CT molecular complexity index is 512. The van der Waals surface area contributed by atoms with E-state index < -0.39 is 9.84 Å². The van der Waals surface area contributed by atoms with E-state index in [4.69, 9.17) is 0 Å². The van der Waals surface area contributed by atoms with Crippen molar-refractivity contribution < 1.29 is 13.2 Å². The highest BCUT2D eigenvalue weighted by molar-refractivity contribution is 7.91. The van der Waals surface area contributed by atoms with Gasteiger partial charge in [-0.25, -0.2) is 8.42 Å². The quantitative estimate of drug-likeness (QED) is 0.478. The summed E-state index contributed by atoms with van der Waals surface area (Å²) in [5.41, 5.74) is 0. The molecule has 0 spiro atoms. The highest BCUT2D eigenvalue weighted by Crippen LogP contribution is 2.17. The Balaban J connectivity index is 1.65. The molecule has 1 aliphatic heterocycles. The minimum absolute atomic E-state index is 0.0540. The molecular formula is C14H26N4O3S. The molecule has 1 aliphatic carbocycles. The van der Waals surface area contributed by atoms with E-state index in [9.17, 15) is 13.2 Å². The lowest BCUT2D eigenvalue weighted by atomic mass is 10.2. The van der Waals surface area contributed by atoms with E-state index in [1.807, 2.05) is 0 Å². The van der Waals surface area contributed by atoms with Crippen molar-refractivity contribution in [1.29, 1.82) is 0 Å². The largest absolute Gasteiger partial charge is 0.356 e. The molecule has 1 atom stereocenters. The molecule has 8 heteroatoms. The van der Waals surface area contributed by atoms with E-state index in [0.717, 1.165) is 12.8 Å². The predicted octanol–water partition coefficient (Wildman–Crippen LogP) is -0.213. The summed E-state index contributed by atoms with van der Waals surface area (Å²) in [5.74, 6) is 0.982. The van der Waals surface area contributed by atoms with Gasteiger partial charge in [-0.3, -0.25) is 9.79 Å². The number of nitrogens with zero attached hydrogens (tertiary/aromatic N) is 1. The van der Waals surface area contributed by atoms with Gasteiger partial charge in [0.1, 0.15) is 0 Å². The number of amides is 1. The predicted molar refractivity (Wildman–Crippen MR) is 86.6 cm³/mol. The van der Waals surface area contributed by atoms with Gasteiger partial charge in [-0.15, -0.1) is 0 Å². The Morgan fingerprint density at radius 2 is 1.86 bits per heavy atom. The number of hydrogen-bond donors (Lipinski definition) is 3. The van der Waals surface area contributed by atoms with Gasteiger partial charge >= 0.3 is 0 Å². The van der Waals surface area contributed by atoms with Crippen LogP contribution in [0.1, 0.15) is 38.5 Å². The van der Waals surface area contributed by atoms with Crippen LogP contribution in [-0.2, 0) is 14.6 Å².